The van der Waals surface area contributed by atoms with Crippen molar-refractivity contribution in [1.29, 1.82) is 0 Å². The number of carbonyl (C=O) groups excluding carboxylic acids is 1. The minimum Gasteiger partial charge on any atom is -0.301 e. The first kappa shape index (κ1) is 16.0. The minimum absolute atomic E-state index is 0.123. The number of alkyl halides is 2. The van der Waals surface area contributed by atoms with Gasteiger partial charge in [-0.25, -0.2) is 8.78 Å². The van der Waals surface area contributed by atoms with Gasteiger partial charge in [-0.3, -0.25) is 4.79 Å². The Morgan fingerprint density at radius 2 is 2.10 bits per heavy atom. The van der Waals surface area contributed by atoms with Crippen LogP contribution in [0.4, 0.5) is 13.9 Å². The maximum Gasteiger partial charge on any atom is 0.291 e. The van der Waals surface area contributed by atoms with Crippen LogP contribution >= 0.6 is 22.7 Å². The van der Waals surface area contributed by atoms with Crippen LogP contribution < -0.4 is 5.32 Å². The van der Waals surface area contributed by atoms with Crippen LogP contribution in [0.2, 0.25) is 0 Å². The van der Waals surface area contributed by atoms with Gasteiger partial charge in [0.25, 0.3) is 6.43 Å². The van der Waals surface area contributed by atoms with E-state index in [1.54, 1.807) is 11.3 Å². The third-order valence-electron chi connectivity index (χ3n) is 2.87. The van der Waals surface area contributed by atoms with Crippen LogP contribution in [0.5, 0.6) is 0 Å². The lowest BCUT2D eigenvalue weighted by Gasteiger charge is -2.01. The highest BCUT2D eigenvalue weighted by Gasteiger charge is 2.15. The number of thiophene rings is 1. The van der Waals surface area contributed by atoms with Crippen molar-refractivity contribution in [3.63, 3.8) is 0 Å². The summed E-state index contributed by atoms with van der Waals surface area (Å²) in [6.45, 7) is 4.13. The van der Waals surface area contributed by atoms with Crippen molar-refractivity contribution in [2.45, 2.75) is 39.5 Å². The summed E-state index contributed by atoms with van der Waals surface area (Å²) in [5.74, 6) is -0.225. The summed E-state index contributed by atoms with van der Waals surface area (Å²) < 4.78 is 24.7. The number of aromatic nitrogens is 2. The molecule has 2 aromatic heterocycles. The van der Waals surface area contributed by atoms with Crippen molar-refractivity contribution in [3.05, 3.63) is 26.4 Å². The molecule has 2 aromatic rings. The molecule has 0 saturated carbocycles. The molecule has 0 radical (unpaired) electrons. The lowest BCUT2D eigenvalue weighted by Crippen LogP contribution is -2.11. The zero-order valence-electron chi connectivity index (χ0n) is 11.7. The van der Waals surface area contributed by atoms with Gasteiger partial charge < -0.3 is 5.32 Å². The molecule has 0 bridgehead atoms. The molecule has 0 fully saturated rings. The summed E-state index contributed by atoms with van der Waals surface area (Å²) in [6, 6.07) is 2.14. The molecule has 0 spiro atoms. The van der Waals surface area contributed by atoms with E-state index in [-0.39, 0.29) is 16.0 Å². The molecule has 0 aliphatic heterocycles. The molecule has 0 aromatic carbocycles. The van der Waals surface area contributed by atoms with E-state index in [0.717, 1.165) is 6.42 Å². The molecule has 114 valence electrons. The second-order valence-corrected chi connectivity index (χ2v) is 7.06. The molecule has 1 amide bonds. The Bertz CT molecular complexity index is 625. The number of aryl methyl sites for hydroxylation is 3. The van der Waals surface area contributed by atoms with E-state index in [1.807, 2.05) is 0 Å². The number of rotatable bonds is 6. The molecule has 21 heavy (non-hydrogen) atoms. The predicted octanol–water partition coefficient (Wildman–Crippen LogP) is 4.12. The Morgan fingerprint density at radius 3 is 2.67 bits per heavy atom. The molecule has 0 aliphatic carbocycles. The van der Waals surface area contributed by atoms with Crippen LogP contribution in [0, 0.1) is 13.8 Å². The number of nitrogens with one attached hydrogen (secondary N) is 1. The van der Waals surface area contributed by atoms with Gasteiger partial charge in [0, 0.05) is 16.2 Å². The number of hydrogen-bond acceptors (Lipinski definition) is 5. The zero-order chi connectivity index (χ0) is 15.4. The summed E-state index contributed by atoms with van der Waals surface area (Å²) in [6.07, 6.45) is -0.776. The number of halogens is 2. The maximum atomic E-state index is 12.3. The summed E-state index contributed by atoms with van der Waals surface area (Å²) in [5.41, 5.74) is 1.27. The maximum absolute atomic E-state index is 12.3. The molecule has 4 nitrogen and oxygen atoms in total. The lowest BCUT2D eigenvalue weighted by atomic mass is 10.1. The predicted molar refractivity (Wildman–Crippen MR) is 80.2 cm³/mol. The fourth-order valence-electron chi connectivity index (χ4n) is 1.93. The van der Waals surface area contributed by atoms with Gasteiger partial charge in [-0.05, 0) is 38.3 Å². The van der Waals surface area contributed by atoms with Crippen molar-refractivity contribution in [2.24, 2.45) is 0 Å². The molecular weight excluding hydrogens is 316 g/mol. The van der Waals surface area contributed by atoms with Crippen molar-refractivity contribution in [1.82, 2.24) is 10.2 Å². The average Bonchev–Trinajstić information content (AvgIpc) is 2.97. The first-order valence-corrected chi connectivity index (χ1v) is 8.06. The van der Waals surface area contributed by atoms with Gasteiger partial charge in [0.15, 0.2) is 5.01 Å². The normalized spacial score (nSPS) is 11.1. The highest BCUT2D eigenvalue weighted by molar-refractivity contribution is 7.15. The van der Waals surface area contributed by atoms with E-state index in [4.69, 9.17) is 0 Å². The van der Waals surface area contributed by atoms with Crippen molar-refractivity contribution in [2.75, 3.05) is 5.32 Å². The number of carbonyl (C=O) groups is 1. The summed E-state index contributed by atoms with van der Waals surface area (Å²) in [7, 11) is 0. The van der Waals surface area contributed by atoms with E-state index in [9.17, 15) is 13.6 Å². The van der Waals surface area contributed by atoms with E-state index in [0.29, 0.717) is 24.2 Å². The van der Waals surface area contributed by atoms with E-state index in [2.05, 4.69) is 35.4 Å². The van der Waals surface area contributed by atoms with E-state index in [1.165, 1.54) is 15.3 Å². The van der Waals surface area contributed by atoms with Crippen molar-refractivity contribution < 1.29 is 13.6 Å². The van der Waals surface area contributed by atoms with E-state index < -0.39 is 6.43 Å². The van der Waals surface area contributed by atoms with Gasteiger partial charge in [-0.2, -0.15) is 0 Å². The van der Waals surface area contributed by atoms with Gasteiger partial charge in [-0.1, -0.05) is 11.3 Å². The highest BCUT2D eigenvalue weighted by atomic mass is 32.1. The Labute approximate surface area is 129 Å². The average molecular weight is 331 g/mol. The van der Waals surface area contributed by atoms with Crippen LogP contribution in [0.3, 0.4) is 0 Å². The zero-order valence-corrected chi connectivity index (χ0v) is 13.3. The Morgan fingerprint density at radius 1 is 1.33 bits per heavy atom. The number of anilines is 1. The number of amides is 1. The van der Waals surface area contributed by atoms with Crippen LogP contribution in [0.25, 0.3) is 0 Å². The van der Waals surface area contributed by atoms with Gasteiger partial charge in [0.05, 0.1) is 0 Å². The SMILES string of the molecule is Cc1cc(CCCC(=O)Nc2nnc(C(F)F)s2)c(C)s1. The fourth-order valence-corrected chi connectivity index (χ4v) is 3.52. The van der Waals surface area contributed by atoms with Crippen molar-refractivity contribution >= 4 is 33.7 Å². The Hall–Kier alpha value is -1.41. The lowest BCUT2D eigenvalue weighted by molar-refractivity contribution is -0.116. The first-order chi connectivity index (χ1) is 9.95. The van der Waals surface area contributed by atoms with E-state index >= 15 is 0 Å². The Kier molecular flexibility index (Phi) is 5.35. The fraction of sp³-hybridized carbons (Fsp3) is 0.462. The minimum atomic E-state index is -2.65. The molecule has 0 saturated heterocycles. The molecule has 0 atom stereocenters. The first-order valence-electron chi connectivity index (χ1n) is 6.43. The molecular formula is C13H15F2N3OS2. The van der Waals surface area contributed by atoms with Crippen LogP contribution in [0.1, 0.15) is 39.6 Å². The van der Waals surface area contributed by atoms with Gasteiger partial charge >= 0.3 is 0 Å². The second-order valence-electron chi connectivity index (χ2n) is 4.59. The molecule has 2 heterocycles. The topological polar surface area (TPSA) is 54.9 Å². The van der Waals surface area contributed by atoms with Gasteiger partial charge in [-0.15, -0.1) is 21.5 Å². The molecule has 0 unspecified atom stereocenters. The summed E-state index contributed by atoms with van der Waals surface area (Å²) in [4.78, 5) is 14.3. The Balaban J connectivity index is 1.78. The largest absolute Gasteiger partial charge is 0.301 e. The van der Waals surface area contributed by atoms with Crippen LogP contribution in [-0.2, 0) is 11.2 Å². The number of nitrogens with zero attached hydrogens (tertiary/aromatic N) is 2. The quantitative estimate of drug-likeness (QED) is 0.866. The third-order valence-corrected chi connectivity index (χ3v) is 4.72. The standard InChI is InChI=1S/C13H15F2N3OS2/c1-7-6-9(8(2)20-7)4-3-5-10(19)16-13-18-17-12(21-13)11(14)15/h6,11H,3-5H2,1-2H3,(H,16,18,19). The van der Waals surface area contributed by atoms with Crippen LogP contribution in [0.15, 0.2) is 6.07 Å². The summed E-state index contributed by atoms with van der Waals surface area (Å²) >= 11 is 2.45. The molecule has 0 aliphatic rings. The van der Waals surface area contributed by atoms with Gasteiger partial charge in [0.2, 0.25) is 11.0 Å². The highest BCUT2D eigenvalue weighted by Crippen LogP contribution is 2.25. The molecule has 8 heteroatoms. The molecule has 2 rings (SSSR count). The summed E-state index contributed by atoms with van der Waals surface area (Å²) in [5, 5.41) is 9.08. The smallest absolute Gasteiger partial charge is 0.291 e. The van der Waals surface area contributed by atoms with Crippen LogP contribution in [-0.4, -0.2) is 16.1 Å². The number of hydrogen-bond donors (Lipinski definition) is 1. The van der Waals surface area contributed by atoms with Gasteiger partial charge in [0.1, 0.15) is 0 Å². The van der Waals surface area contributed by atoms with Crippen molar-refractivity contribution in [3.8, 4) is 0 Å². The monoisotopic (exact) mass is 331 g/mol. The third kappa shape index (κ3) is 4.53. The molecule has 1 N–H and O–H groups in total. The second kappa shape index (κ2) is 7.04.